The van der Waals surface area contributed by atoms with Crippen molar-refractivity contribution in [1.29, 1.82) is 0 Å². The van der Waals surface area contributed by atoms with Crippen molar-refractivity contribution in [1.82, 2.24) is 14.3 Å². The minimum Gasteiger partial charge on any atom is -0.273 e. The van der Waals surface area contributed by atoms with Crippen molar-refractivity contribution in [3.05, 3.63) is 84.9 Å². The Morgan fingerprint density at radius 2 is 1.82 bits per heavy atom. The standard InChI is InChI=1S/C19H14BrF3N4O6S/c1-25-18(29)9-24-26(19(25)30)16-8-15(12(20)7-14(16)23)27(34(31,32)33)17(28)5-3-10-2-4-11(21)6-13(10)22/h2,4,6-9H,3,5H2,1H3,(H,31,32,33). The summed E-state index contributed by atoms with van der Waals surface area (Å²) < 4.78 is 76.0. The highest BCUT2D eigenvalue weighted by atomic mass is 79.9. The van der Waals surface area contributed by atoms with E-state index in [0.717, 1.165) is 31.3 Å². The number of hydrogen-bond acceptors (Lipinski definition) is 6. The average molecular weight is 563 g/mol. The monoisotopic (exact) mass is 562 g/mol. The van der Waals surface area contributed by atoms with Crippen LogP contribution in [0.25, 0.3) is 5.69 Å². The number of halogens is 4. The third kappa shape index (κ3) is 5.10. The second kappa shape index (κ2) is 9.52. The highest BCUT2D eigenvalue weighted by Gasteiger charge is 2.30. The number of benzene rings is 2. The van der Waals surface area contributed by atoms with Gasteiger partial charge in [-0.3, -0.25) is 18.7 Å². The lowest BCUT2D eigenvalue weighted by Crippen LogP contribution is -2.39. The van der Waals surface area contributed by atoms with Crippen molar-refractivity contribution in [2.24, 2.45) is 7.05 Å². The van der Waals surface area contributed by atoms with Crippen molar-refractivity contribution in [2.75, 3.05) is 4.31 Å². The first-order valence-corrected chi connectivity index (χ1v) is 11.4. The van der Waals surface area contributed by atoms with Crippen molar-refractivity contribution in [2.45, 2.75) is 12.8 Å². The SMILES string of the molecule is Cn1c(=O)cnn(-c2cc(N(C(=O)CCc3ccc(F)cc3F)S(=O)(=O)O)c(Br)cc2F)c1=O. The molecule has 0 unspecified atom stereocenters. The summed E-state index contributed by atoms with van der Waals surface area (Å²) >= 11 is 2.90. The van der Waals surface area contributed by atoms with Crippen LogP contribution in [0.4, 0.5) is 18.9 Å². The van der Waals surface area contributed by atoms with E-state index in [1.54, 1.807) is 0 Å². The molecule has 0 aliphatic rings. The minimum atomic E-state index is -5.28. The van der Waals surface area contributed by atoms with Gasteiger partial charge in [0.15, 0.2) is 0 Å². The average Bonchev–Trinajstić information content (AvgIpc) is 2.73. The Bertz CT molecular complexity index is 1520. The molecule has 1 aromatic heterocycles. The number of nitrogens with zero attached hydrogens (tertiary/aromatic N) is 4. The number of anilines is 1. The number of rotatable bonds is 6. The predicted octanol–water partition coefficient (Wildman–Crippen LogP) is 1.88. The van der Waals surface area contributed by atoms with Gasteiger partial charge in [-0.25, -0.2) is 18.0 Å². The predicted molar refractivity (Wildman–Crippen MR) is 116 cm³/mol. The molecular formula is C19H14BrF3N4O6S. The van der Waals surface area contributed by atoms with E-state index in [-0.39, 0.29) is 20.8 Å². The Labute approximate surface area is 197 Å². The summed E-state index contributed by atoms with van der Waals surface area (Å²) in [5.74, 6) is -4.14. The topological polar surface area (TPSA) is 132 Å². The maximum atomic E-state index is 14.6. The number of amides is 1. The zero-order chi connectivity index (χ0) is 25.4. The van der Waals surface area contributed by atoms with Gasteiger partial charge in [-0.2, -0.15) is 22.5 Å². The number of aryl methyl sites for hydroxylation is 1. The van der Waals surface area contributed by atoms with Crippen molar-refractivity contribution >= 4 is 37.8 Å². The molecular weight excluding hydrogens is 549 g/mol. The molecule has 0 aliphatic heterocycles. The molecule has 1 amide bonds. The van der Waals surface area contributed by atoms with Crippen LogP contribution in [0.2, 0.25) is 0 Å². The molecule has 0 saturated heterocycles. The zero-order valence-corrected chi connectivity index (χ0v) is 19.5. The van der Waals surface area contributed by atoms with Crippen LogP contribution < -0.4 is 15.6 Å². The molecule has 15 heteroatoms. The molecule has 0 bridgehead atoms. The van der Waals surface area contributed by atoms with E-state index in [2.05, 4.69) is 21.0 Å². The molecule has 0 spiro atoms. The third-order valence-electron chi connectivity index (χ3n) is 4.63. The molecule has 2 aromatic carbocycles. The quantitative estimate of drug-likeness (QED) is 0.453. The first-order valence-electron chi connectivity index (χ1n) is 9.20. The molecule has 1 heterocycles. The van der Waals surface area contributed by atoms with Crippen LogP contribution in [0.3, 0.4) is 0 Å². The van der Waals surface area contributed by atoms with Gasteiger partial charge in [-0.15, -0.1) is 0 Å². The van der Waals surface area contributed by atoms with E-state index >= 15 is 0 Å². The fraction of sp³-hybridized carbons (Fsp3) is 0.158. The summed E-state index contributed by atoms with van der Waals surface area (Å²) in [7, 11) is -4.18. The first-order chi connectivity index (χ1) is 15.8. The molecule has 10 nitrogen and oxygen atoms in total. The van der Waals surface area contributed by atoms with E-state index in [9.17, 15) is 40.5 Å². The van der Waals surface area contributed by atoms with E-state index in [0.29, 0.717) is 21.5 Å². The van der Waals surface area contributed by atoms with Gasteiger partial charge in [0, 0.05) is 24.0 Å². The Kier molecular flexibility index (Phi) is 7.09. The van der Waals surface area contributed by atoms with Gasteiger partial charge in [0.1, 0.15) is 29.3 Å². The minimum absolute atomic E-state index is 0.0749. The number of hydrogen-bond donors (Lipinski definition) is 1. The fourth-order valence-corrected chi connectivity index (χ4v) is 4.30. The molecule has 3 rings (SSSR count). The van der Waals surface area contributed by atoms with Crippen LogP contribution in [-0.2, 0) is 28.6 Å². The molecule has 0 saturated carbocycles. The summed E-state index contributed by atoms with van der Waals surface area (Å²) in [6.07, 6.45) is -0.296. The fourth-order valence-electron chi connectivity index (χ4n) is 2.94. The maximum Gasteiger partial charge on any atom is 0.366 e. The molecule has 3 aromatic rings. The van der Waals surface area contributed by atoms with E-state index in [4.69, 9.17) is 0 Å². The molecule has 180 valence electrons. The Hall–Kier alpha value is -3.30. The van der Waals surface area contributed by atoms with Gasteiger partial charge in [-0.05, 0) is 46.1 Å². The van der Waals surface area contributed by atoms with Crippen LogP contribution in [0, 0.1) is 17.5 Å². The van der Waals surface area contributed by atoms with Crippen LogP contribution in [0.1, 0.15) is 12.0 Å². The van der Waals surface area contributed by atoms with Gasteiger partial charge in [0.25, 0.3) is 5.56 Å². The first kappa shape index (κ1) is 25.3. The van der Waals surface area contributed by atoms with Gasteiger partial charge in [-0.1, -0.05) is 6.07 Å². The van der Waals surface area contributed by atoms with E-state index in [1.165, 1.54) is 0 Å². The lowest BCUT2D eigenvalue weighted by molar-refractivity contribution is -0.117. The van der Waals surface area contributed by atoms with Gasteiger partial charge in [0.2, 0.25) is 5.91 Å². The summed E-state index contributed by atoms with van der Waals surface area (Å²) in [6, 6.07) is 4.06. The Balaban J connectivity index is 2.07. The lowest BCUT2D eigenvalue weighted by atomic mass is 10.1. The molecule has 0 radical (unpaired) electrons. The van der Waals surface area contributed by atoms with Gasteiger partial charge >= 0.3 is 16.0 Å². The Morgan fingerprint density at radius 3 is 2.44 bits per heavy atom. The third-order valence-corrected chi connectivity index (χ3v) is 6.12. The van der Waals surface area contributed by atoms with Gasteiger partial charge < -0.3 is 0 Å². The van der Waals surface area contributed by atoms with Crippen molar-refractivity contribution in [3.8, 4) is 5.69 Å². The van der Waals surface area contributed by atoms with Crippen molar-refractivity contribution in [3.63, 3.8) is 0 Å². The van der Waals surface area contributed by atoms with Crippen LogP contribution in [-0.4, -0.2) is 33.2 Å². The summed E-state index contributed by atoms with van der Waals surface area (Å²) in [4.78, 5) is 36.6. The molecule has 34 heavy (non-hydrogen) atoms. The maximum absolute atomic E-state index is 14.6. The largest absolute Gasteiger partial charge is 0.366 e. The Morgan fingerprint density at radius 1 is 1.15 bits per heavy atom. The molecule has 0 aliphatic carbocycles. The van der Waals surface area contributed by atoms with Crippen LogP contribution in [0.15, 0.2) is 50.6 Å². The second-order valence-corrected chi connectivity index (χ2v) is 8.98. The number of carbonyl (C=O) groups is 1. The van der Waals surface area contributed by atoms with Crippen LogP contribution in [0.5, 0.6) is 0 Å². The molecule has 0 fully saturated rings. The molecule has 0 atom stereocenters. The van der Waals surface area contributed by atoms with Gasteiger partial charge in [0.05, 0.1) is 5.69 Å². The van der Waals surface area contributed by atoms with E-state index < -0.39 is 62.7 Å². The normalized spacial score (nSPS) is 11.5. The second-order valence-electron chi connectivity index (χ2n) is 6.86. The highest BCUT2D eigenvalue weighted by molar-refractivity contribution is 9.10. The van der Waals surface area contributed by atoms with Crippen molar-refractivity contribution < 1.29 is 30.9 Å². The smallest absolute Gasteiger partial charge is 0.273 e. The summed E-state index contributed by atoms with van der Waals surface area (Å²) in [5, 5.41) is 3.53. The van der Waals surface area contributed by atoms with E-state index in [1.807, 2.05) is 0 Å². The van der Waals surface area contributed by atoms with Crippen LogP contribution >= 0.6 is 15.9 Å². The zero-order valence-electron chi connectivity index (χ0n) is 17.1. The highest BCUT2D eigenvalue weighted by Crippen LogP contribution is 2.32. The lowest BCUT2D eigenvalue weighted by Gasteiger charge is -2.21. The number of aromatic nitrogens is 3. The molecule has 1 N–H and O–H groups in total. The summed E-state index contributed by atoms with van der Waals surface area (Å²) in [5.41, 5.74) is -3.18. The number of carbonyl (C=O) groups excluding carboxylic acids is 1. The summed E-state index contributed by atoms with van der Waals surface area (Å²) in [6.45, 7) is 0.